The van der Waals surface area contributed by atoms with Crippen LogP contribution in [0.2, 0.25) is 0 Å². The molecule has 6 rings (SSSR count). The topological polar surface area (TPSA) is 91.8 Å². The van der Waals surface area contributed by atoms with Gasteiger partial charge >= 0.3 is 11.9 Å². The lowest BCUT2D eigenvalue weighted by atomic mass is 9.79. The first-order valence-corrected chi connectivity index (χ1v) is 13.7. The summed E-state index contributed by atoms with van der Waals surface area (Å²) in [6.45, 7) is 3.67. The molecule has 3 aliphatic heterocycles. The first kappa shape index (κ1) is 26.2. The summed E-state index contributed by atoms with van der Waals surface area (Å²) in [7, 11) is 3.89. The number of ether oxygens (including phenoxy) is 3. The number of hydrogen-bond acceptors (Lipinski definition) is 8. The van der Waals surface area contributed by atoms with Crippen LogP contribution in [-0.2, 0) is 36.9 Å². The van der Waals surface area contributed by atoms with Gasteiger partial charge in [0.25, 0.3) is 0 Å². The van der Waals surface area contributed by atoms with Gasteiger partial charge in [-0.1, -0.05) is 60.7 Å². The molecule has 206 valence electrons. The second kappa shape index (κ2) is 10.2. The largest absolute Gasteiger partial charge is 0.462 e. The molecule has 0 spiro atoms. The highest BCUT2D eigenvalue weighted by Crippen LogP contribution is 2.50. The van der Waals surface area contributed by atoms with Gasteiger partial charge in [0.1, 0.15) is 24.4 Å². The average Bonchev–Trinajstić information content (AvgIpc) is 3.30. The number of benzene rings is 2. The van der Waals surface area contributed by atoms with Crippen LogP contribution in [0.3, 0.4) is 0 Å². The minimum absolute atomic E-state index is 0.277. The molecule has 39 heavy (non-hydrogen) atoms. The first-order valence-electron chi connectivity index (χ1n) is 13.7. The van der Waals surface area contributed by atoms with Gasteiger partial charge in [-0.15, -0.1) is 0 Å². The predicted molar refractivity (Wildman–Crippen MR) is 143 cm³/mol. The van der Waals surface area contributed by atoms with Crippen molar-refractivity contribution >= 4 is 11.9 Å². The van der Waals surface area contributed by atoms with E-state index in [9.17, 15) is 14.7 Å². The van der Waals surface area contributed by atoms with E-state index in [1.165, 1.54) is 0 Å². The molecule has 1 N–H and O–H groups in total. The zero-order chi connectivity index (χ0) is 27.3. The minimum Gasteiger partial charge on any atom is -0.462 e. The number of hydrogen-bond donors (Lipinski definition) is 1. The van der Waals surface area contributed by atoms with Gasteiger partial charge in [-0.3, -0.25) is 9.69 Å². The molecule has 2 saturated heterocycles. The molecule has 0 radical (unpaired) electrons. The van der Waals surface area contributed by atoms with Gasteiger partial charge in [-0.25, -0.2) is 4.79 Å². The zero-order valence-electron chi connectivity index (χ0n) is 22.6. The number of fused-ring (bicyclic) bond motifs is 4. The molecule has 4 aliphatic rings. The molecule has 2 aromatic carbocycles. The summed E-state index contributed by atoms with van der Waals surface area (Å²) in [5.41, 5.74) is 1.99. The van der Waals surface area contributed by atoms with Crippen LogP contribution in [0.5, 0.6) is 0 Å². The van der Waals surface area contributed by atoms with E-state index in [-0.39, 0.29) is 11.9 Å². The van der Waals surface area contributed by atoms with E-state index in [1.54, 1.807) is 0 Å². The number of rotatable bonds is 7. The predicted octanol–water partition coefficient (Wildman–Crippen LogP) is 2.55. The van der Waals surface area contributed by atoms with E-state index >= 15 is 0 Å². The number of aliphatic hydroxyl groups excluding tert-OH is 1. The number of epoxide rings is 1. The van der Waals surface area contributed by atoms with Crippen LogP contribution in [0, 0.1) is 11.8 Å². The summed E-state index contributed by atoms with van der Waals surface area (Å²) < 4.78 is 18.0. The quantitative estimate of drug-likeness (QED) is 0.430. The maximum Gasteiger partial charge on any atom is 0.336 e. The molecule has 0 aromatic heterocycles. The summed E-state index contributed by atoms with van der Waals surface area (Å²) in [5, 5.41) is 11.5. The Balaban J connectivity index is 1.30. The molecule has 2 bridgehead atoms. The summed E-state index contributed by atoms with van der Waals surface area (Å²) in [5.74, 6) is -1.53. The Morgan fingerprint density at radius 3 is 2.26 bits per heavy atom. The Bertz CT molecular complexity index is 1250. The third kappa shape index (κ3) is 5.02. The Labute approximate surface area is 229 Å². The molecule has 2 aromatic rings. The Kier molecular flexibility index (Phi) is 6.83. The van der Waals surface area contributed by atoms with Crippen molar-refractivity contribution in [1.29, 1.82) is 0 Å². The molecule has 8 heteroatoms. The molecule has 8 nitrogen and oxygen atoms in total. The molecular weight excluding hydrogens is 496 g/mol. The SMILES string of the molecule is CN(Cc1ccccc1)CC1C(=O)O[C@H]2C[C@]3(C)O[C@H]3[C@H](O)[C@H](N(C)Cc3ccccc3)C3=C[C@@H](OC3=O)[C@H]12. The fraction of sp³-hybridized carbons (Fsp3) is 0.484. The highest BCUT2D eigenvalue weighted by molar-refractivity contribution is 5.92. The van der Waals surface area contributed by atoms with Crippen molar-refractivity contribution in [2.45, 2.75) is 62.5 Å². The minimum atomic E-state index is -0.942. The van der Waals surface area contributed by atoms with Gasteiger partial charge in [0, 0.05) is 26.1 Å². The Hall–Kier alpha value is -3.04. The monoisotopic (exact) mass is 532 g/mol. The van der Waals surface area contributed by atoms with E-state index in [1.807, 2.05) is 80.5 Å². The summed E-state index contributed by atoms with van der Waals surface area (Å²) >= 11 is 0. The number of aliphatic hydroxyl groups is 1. The molecule has 0 amide bonds. The third-order valence-corrected chi connectivity index (χ3v) is 8.72. The molecule has 1 unspecified atom stereocenters. The third-order valence-electron chi connectivity index (χ3n) is 8.72. The molecular formula is C31H36N2O6. The lowest BCUT2D eigenvalue weighted by Crippen LogP contribution is -2.48. The fourth-order valence-electron chi connectivity index (χ4n) is 6.79. The number of carbonyl (C=O) groups is 2. The van der Waals surface area contributed by atoms with Gasteiger partial charge in [0.15, 0.2) is 0 Å². The highest BCUT2D eigenvalue weighted by atomic mass is 16.6. The lowest BCUT2D eigenvalue weighted by Gasteiger charge is -2.32. The fourth-order valence-corrected chi connectivity index (χ4v) is 6.79. The highest BCUT2D eigenvalue weighted by Gasteiger charge is 2.64. The first-order chi connectivity index (χ1) is 18.7. The standard InChI is InChI=1S/C31H36N2O6/c1-31-15-24-25(22(30(36)38-24)18-32(2)16-19-10-6-4-7-11-19)23-14-21(29(35)37-23)26(27(34)28(31)39-31)33(3)17-20-12-8-5-9-13-20/h4-14,22-28,34H,15-18H2,1-3H3/t22?,23-,24+,25+,26-,27-,28+,31+/m1/s1. The van der Waals surface area contributed by atoms with E-state index in [0.29, 0.717) is 31.6 Å². The van der Waals surface area contributed by atoms with Gasteiger partial charge in [-0.2, -0.15) is 0 Å². The summed E-state index contributed by atoms with van der Waals surface area (Å²) in [6.07, 6.45) is -0.240. The molecule has 1 aliphatic carbocycles. The zero-order valence-corrected chi connectivity index (χ0v) is 22.6. The van der Waals surface area contributed by atoms with Crippen LogP contribution < -0.4 is 0 Å². The van der Waals surface area contributed by atoms with E-state index in [2.05, 4.69) is 17.0 Å². The summed E-state index contributed by atoms with van der Waals surface area (Å²) in [4.78, 5) is 30.7. The Morgan fingerprint density at radius 2 is 1.59 bits per heavy atom. The number of esters is 2. The van der Waals surface area contributed by atoms with Crippen molar-refractivity contribution in [3.8, 4) is 0 Å². The normalized spacial score (nSPS) is 35.2. The van der Waals surface area contributed by atoms with Crippen molar-refractivity contribution in [2.24, 2.45) is 11.8 Å². The van der Waals surface area contributed by atoms with Crippen molar-refractivity contribution in [3.05, 3.63) is 83.4 Å². The maximum absolute atomic E-state index is 13.3. The van der Waals surface area contributed by atoms with Gasteiger partial charge < -0.3 is 24.2 Å². The molecule has 2 fully saturated rings. The van der Waals surface area contributed by atoms with Gasteiger partial charge in [-0.05, 0) is 38.2 Å². The Morgan fingerprint density at radius 1 is 0.949 bits per heavy atom. The van der Waals surface area contributed by atoms with E-state index < -0.39 is 47.9 Å². The summed E-state index contributed by atoms with van der Waals surface area (Å²) in [6, 6.07) is 19.4. The second-order valence-corrected chi connectivity index (χ2v) is 11.7. The maximum atomic E-state index is 13.3. The van der Waals surface area contributed by atoms with E-state index in [4.69, 9.17) is 14.2 Å². The smallest absolute Gasteiger partial charge is 0.336 e. The van der Waals surface area contributed by atoms with Crippen LogP contribution in [-0.4, -0.2) is 83.5 Å². The van der Waals surface area contributed by atoms with Gasteiger partial charge in [0.2, 0.25) is 0 Å². The van der Waals surface area contributed by atoms with E-state index in [0.717, 1.165) is 11.1 Å². The second-order valence-electron chi connectivity index (χ2n) is 11.7. The van der Waals surface area contributed by atoms with Crippen LogP contribution >= 0.6 is 0 Å². The molecule has 3 heterocycles. The average molecular weight is 533 g/mol. The van der Waals surface area contributed by atoms with Crippen molar-refractivity contribution in [1.82, 2.24) is 9.80 Å². The number of carbonyl (C=O) groups excluding carboxylic acids is 2. The van der Waals surface area contributed by atoms with Crippen LogP contribution in [0.25, 0.3) is 0 Å². The van der Waals surface area contributed by atoms with Crippen LogP contribution in [0.1, 0.15) is 24.5 Å². The van der Waals surface area contributed by atoms with Gasteiger partial charge in [0.05, 0.1) is 29.1 Å². The van der Waals surface area contributed by atoms with Crippen LogP contribution in [0.4, 0.5) is 0 Å². The van der Waals surface area contributed by atoms with Crippen molar-refractivity contribution in [2.75, 3.05) is 20.6 Å². The van der Waals surface area contributed by atoms with Crippen LogP contribution in [0.15, 0.2) is 72.3 Å². The van der Waals surface area contributed by atoms with Crippen molar-refractivity contribution in [3.63, 3.8) is 0 Å². The lowest BCUT2D eigenvalue weighted by molar-refractivity contribution is -0.145. The molecule has 8 atom stereocenters. The number of nitrogens with zero attached hydrogens (tertiary/aromatic N) is 2. The molecule has 0 saturated carbocycles. The van der Waals surface area contributed by atoms with Crippen molar-refractivity contribution < 1.29 is 28.9 Å². The number of likely N-dealkylation sites (N-methyl/N-ethyl adjacent to an activating group) is 1.